The summed E-state index contributed by atoms with van der Waals surface area (Å²) in [5, 5.41) is 3.29. The molecule has 1 amide bonds. The molecular formula is C16H20N2O3. The lowest BCUT2D eigenvalue weighted by Crippen LogP contribution is -2.52. The molecule has 0 radical (unpaired) electrons. The van der Waals surface area contributed by atoms with Crippen molar-refractivity contribution in [1.82, 2.24) is 10.2 Å². The summed E-state index contributed by atoms with van der Waals surface area (Å²) in [7, 11) is 1.37. The van der Waals surface area contributed by atoms with Gasteiger partial charge in [-0.05, 0) is 30.4 Å². The molecule has 1 fully saturated rings. The predicted molar refractivity (Wildman–Crippen MR) is 77.5 cm³/mol. The molecule has 1 saturated heterocycles. The second-order valence-electron chi connectivity index (χ2n) is 5.62. The average molecular weight is 288 g/mol. The third-order valence-corrected chi connectivity index (χ3v) is 4.39. The topological polar surface area (TPSA) is 58.6 Å². The molecule has 0 unspecified atom stereocenters. The molecule has 2 heterocycles. The van der Waals surface area contributed by atoms with Crippen molar-refractivity contribution < 1.29 is 14.3 Å². The minimum Gasteiger partial charge on any atom is -0.467 e. The number of likely N-dealkylation sites (tertiary alicyclic amines) is 1. The Morgan fingerprint density at radius 2 is 2.05 bits per heavy atom. The highest BCUT2D eigenvalue weighted by Crippen LogP contribution is 2.23. The van der Waals surface area contributed by atoms with E-state index >= 15 is 0 Å². The first kappa shape index (κ1) is 14.1. The molecule has 1 aromatic rings. The van der Waals surface area contributed by atoms with Crippen LogP contribution in [0.2, 0.25) is 0 Å². The number of esters is 1. The van der Waals surface area contributed by atoms with Crippen LogP contribution in [0.5, 0.6) is 0 Å². The number of nitrogens with zero attached hydrogens (tertiary/aromatic N) is 1. The minimum atomic E-state index is -0.415. The van der Waals surface area contributed by atoms with Crippen molar-refractivity contribution in [1.29, 1.82) is 0 Å². The van der Waals surface area contributed by atoms with E-state index in [4.69, 9.17) is 4.74 Å². The maximum atomic E-state index is 12.7. The van der Waals surface area contributed by atoms with Gasteiger partial charge in [-0.3, -0.25) is 4.79 Å². The molecule has 2 aliphatic heterocycles. The van der Waals surface area contributed by atoms with Crippen LogP contribution in [0, 0.1) is 0 Å². The number of hydrogen-bond donors (Lipinski definition) is 1. The molecule has 0 saturated carbocycles. The number of methoxy groups -OCH3 is 1. The lowest BCUT2D eigenvalue weighted by Gasteiger charge is -2.31. The zero-order chi connectivity index (χ0) is 14.8. The van der Waals surface area contributed by atoms with E-state index in [0.29, 0.717) is 25.9 Å². The maximum absolute atomic E-state index is 12.7. The normalized spacial score (nSPS) is 24.5. The fourth-order valence-electron chi connectivity index (χ4n) is 3.24. The molecule has 3 rings (SSSR count). The standard InChI is InChI=1S/C16H20N2O3/c1-21-16(20)14-7-4-8-18(14)15(19)13-9-11-5-2-3-6-12(11)10-17-13/h2-3,5-6,13-14,17H,4,7-10H2,1H3/t13-,14+/m1/s1. The summed E-state index contributed by atoms with van der Waals surface area (Å²) in [6.45, 7) is 1.34. The van der Waals surface area contributed by atoms with Crippen molar-refractivity contribution in [3.05, 3.63) is 35.4 Å². The fraction of sp³-hybridized carbons (Fsp3) is 0.500. The molecule has 5 nitrogen and oxygen atoms in total. The Bertz CT molecular complexity index is 558. The van der Waals surface area contributed by atoms with Crippen LogP contribution in [0.4, 0.5) is 0 Å². The first-order chi connectivity index (χ1) is 10.2. The molecule has 1 N–H and O–H groups in total. The van der Waals surface area contributed by atoms with Gasteiger partial charge in [-0.15, -0.1) is 0 Å². The number of hydrogen-bond acceptors (Lipinski definition) is 4. The monoisotopic (exact) mass is 288 g/mol. The minimum absolute atomic E-state index is 0.0115. The van der Waals surface area contributed by atoms with E-state index < -0.39 is 6.04 Å². The van der Waals surface area contributed by atoms with Gasteiger partial charge in [-0.2, -0.15) is 0 Å². The third-order valence-electron chi connectivity index (χ3n) is 4.39. The van der Waals surface area contributed by atoms with Gasteiger partial charge in [0.15, 0.2) is 0 Å². The van der Waals surface area contributed by atoms with Gasteiger partial charge in [0, 0.05) is 13.1 Å². The van der Waals surface area contributed by atoms with Crippen LogP contribution in [0.3, 0.4) is 0 Å². The van der Waals surface area contributed by atoms with Crippen molar-refractivity contribution in [3.63, 3.8) is 0 Å². The van der Waals surface area contributed by atoms with Crippen LogP contribution < -0.4 is 5.32 Å². The highest BCUT2D eigenvalue weighted by Gasteiger charge is 2.38. The number of rotatable bonds is 2. The summed E-state index contributed by atoms with van der Waals surface area (Å²) in [5.41, 5.74) is 2.45. The molecule has 0 aromatic heterocycles. The molecule has 0 spiro atoms. The molecule has 2 atom stereocenters. The van der Waals surface area contributed by atoms with E-state index in [1.54, 1.807) is 4.90 Å². The SMILES string of the molecule is COC(=O)[C@@H]1CCCN1C(=O)[C@H]1Cc2ccccc2CN1. The van der Waals surface area contributed by atoms with E-state index in [2.05, 4.69) is 17.4 Å². The summed E-state index contributed by atoms with van der Waals surface area (Å²) < 4.78 is 4.80. The molecule has 1 aromatic carbocycles. The number of fused-ring (bicyclic) bond motifs is 1. The van der Waals surface area contributed by atoms with Crippen molar-refractivity contribution in [2.75, 3.05) is 13.7 Å². The van der Waals surface area contributed by atoms with Crippen molar-refractivity contribution in [2.24, 2.45) is 0 Å². The molecule has 5 heteroatoms. The Labute approximate surface area is 124 Å². The van der Waals surface area contributed by atoms with Crippen LogP contribution in [-0.2, 0) is 27.3 Å². The number of benzene rings is 1. The van der Waals surface area contributed by atoms with Crippen molar-refractivity contribution in [2.45, 2.75) is 37.9 Å². The van der Waals surface area contributed by atoms with Gasteiger partial charge < -0.3 is 15.0 Å². The molecule has 2 aliphatic rings. The number of amides is 1. The molecular weight excluding hydrogens is 268 g/mol. The van der Waals surface area contributed by atoms with Crippen LogP contribution in [0.25, 0.3) is 0 Å². The largest absolute Gasteiger partial charge is 0.467 e. The van der Waals surface area contributed by atoms with Gasteiger partial charge >= 0.3 is 5.97 Å². The zero-order valence-electron chi connectivity index (χ0n) is 12.2. The highest BCUT2D eigenvalue weighted by molar-refractivity contribution is 5.88. The summed E-state index contributed by atoms with van der Waals surface area (Å²) in [5.74, 6) is -0.297. The van der Waals surface area contributed by atoms with Crippen LogP contribution in [-0.4, -0.2) is 42.5 Å². The Morgan fingerprint density at radius 1 is 1.29 bits per heavy atom. The molecule has 0 aliphatic carbocycles. The summed E-state index contributed by atoms with van der Waals surface area (Å²) in [6.07, 6.45) is 2.23. The fourth-order valence-corrected chi connectivity index (χ4v) is 3.24. The van der Waals surface area contributed by atoms with Crippen molar-refractivity contribution >= 4 is 11.9 Å². The quantitative estimate of drug-likeness (QED) is 0.820. The Kier molecular flexibility index (Phi) is 3.92. The van der Waals surface area contributed by atoms with Gasteiger partial charge in [0.05, 0.1) is 13.2 Å². The van der Waals surface area contributed by atoms with E-state index in [9.17, 15) is 9.59 Å². The predicted octanol–water partition coefficient (Wildman–Crippen LogP) is 0.865. The van der Waals surface area contributed by atoms with Crippen LogP contribution in [0.15, 0.2) is 24.3 Å². The van der Waals surface area contributed by atoms with Crippen molar-refractivity contribution in [3.8, 4) is 0 Å². The summed E-state index contributed by atoms with van der Waals surface area (Å²) >= 11 is 0. The number of nitrogens with one attached hydrogen (secondary N) is 1. The number of ether oxygens (including phenoxy) is 1. The lowest BCUT2D eigenvalue weighted by molar-refractivity contribution is -0.151. The van der Waals surface area contributed by atoms with Gasteiger partial charge in [0.2, 0.25) is 5.91 Å². The summed E-state index contributed by atoms with van der Waals surface area (Å²) in [6, 6.07) is 7.50. The van der Waals surface area contributed by atoms with Crippen LogP contribution in [0.1, 0.15) is 24.0 Å². The second-order valence-corrected chi connectivity index (χ2v) is 5.62. The molecule has 112 valence electrons. The van der Waals surface area contributed by atoms with E-state index in [1.165, 1.54) is 18.2 Å². The number of carbonyl (C=O) groups excluding carboxylic acids is 2. The van der Waals surface area contributed by atoms with Gasteiger partial charge in [0.25, 0.3) is 0 Å². The summed E-state index contributed by atoms with van der Waals surface area (Å²) in [4.78, 5) is 26.1. The first-order valence-corrected chi connectivity index (χ1v) is 7.39. The second kappa shape index (κ2) is 5.85. The lowest BCUT2D eigenvalue weighted by atomic mass is 9.95. The van der Waals surface area contributed by atoms with E-state index in [0.717, 1.165) is 6.42 Å². The smallest absolute Gasteiger partial charge is 0.328 e. The maximum Gasteiger partial charge on any atom is 0.328 e. The van der Waals surface area contributed by atoms with Gasteiger partial charge in [0.1, 0.15) is 6.04 Å². The first-order valence-electron chi connectivity index (χ1n) is 7.39. The Morgan fingerprint density at radius 3 is 2.81 bits per heavy atom. The number of carbonyl (C=O) groups is 2. The van der Waals surface area contributed by atoms with Crippen LogP contribution >= 0.6 is 0 Å². The molecule has 21 heavy (non-hydrogen) atoms. The van der Waals surface area contributed by atoms with Gasteiger partial charge in [-0.25, -0.2) is 4.79 Å². The van der Waals surface area contributed by atoms with Gasteiger partial charge in [-0.1, -0.05) is 24.3 Å². The third kappa shape index (κ3) is 2.65. The average Bonchev–Trinajstić information content (AvgIpc) is 3.02. The molecule has 0 bridgehead atoms. The highest BCUT2D eigenvalue weighted by atomic mass is 16.5. The van der Waals surface area contributed by atoms with E-state index in [1.807, 2.05) is 12.1 Å². The Hall–Kier alpha value is -1.88. The zero-order valence-corrected chi connectivity index (χ0v) is 12.2. The van der Waals surface area contributed by atoms with E-state index in [-0.39, 0.29) is 17.9 Å². The Balaban J connectivity index is 1.73.